The van der Waals surface area contributed by atoms with Gasteiger partial charge in [0.15, 0.2) is 0 Å². The minimum absolute atomic E-state index is 0.111. The van der Waals surface area contributed by atoms with Crippen molar-refractivity contribution < 1.29 is 13.9 Å². The smallest absolute Gasteiger partial charge is 0.149 e. The second-order valence-corrected chi connectivity index (χ2v) is 3.42. The Morgan fingerprint density at radius 2 is 2.06 bits per heavy atom. The van der Waals surface area contributed by atoms with Crippen LogP contribution in [0.4, 0.5) is 20.3 Å². The molecular weight excluding hydrogens is 226 g/mol. The number of aromatic nitrogens is 1. The molecule has 0 aliphatic rings. The molecule has 0 aliphatic carbocycles. The molecule has 5 heteroatoms. The fourth-order valence-corrected chi connectivity index (χ4v) is 1.40. The molecular formula is C12H10F2N2O. The number of rotatable bonds is 3. The van der Waals surface area contributed by atoms with Crippen LogP contribution in [0.5, 0.6) is 0 Å². The highest BCUT2D eigenvalue weighted by atomic mass is 19.1. The molecule has 0 spiro atoms. The van der Waals surface area contributed by atoms with E-state index >= 15 is 0 Å². The van der Waals surface area contributed by atoms with Gasteiger partial charge in [0.05, 0.1) is 12.3 Å². The number of hydrogen-bond acceptors (Lipinski definition) is 3. The van der Waals surface area contributed by atoms with Gasteiger partial charge >= 0.3 is 0 Å². The lowest BCUT2D eigenvalue weighted by Gasteiger charge is -2.09. The predicted molar refractivity (Wildman–Crippen MR) is 59.8 cm³/mol. The Balaban J connectivity index is 2.31. The minimum atomic E-state index is -0.709. The molecule has 1 aromatic heterocycles. The minimum Gasteiger partial charge on any atom is -0.392 e. The Kier molecular flexibility index (Phi) is 3.30. The maximum absolute atomic E-state index is 13.4. The Hall–Kier alpha value is -2.01. The topological polar surface area (TPSA) is 45.2 Å². The average Bonchev–Trinajstić information content (AvgIpc) is 2.33. The number of aliphatic hydroxyl groups excluding tert-OH is 1. The largest absolute Gasteiger partial charge is 0.392 e. The molecule has 0 unspecified atom stereocenters. The van der Waals surface area contributed by atoms with Gasteiger partial charge in [0.2, 0.25) is 0 Å². The van der Waals surface area contributed by atoms with Crippen molar-refractivity contribution in [1.29, 1.82) is 0 Å². The van der Waals surface area contributed by atoms with Crippen LogP contribution in [0.1, 0.15) is 5.56 Å². The summed E-state index contributed by atoms with van der Waals surface area (Å²) in [6.45, 7) is -0.209. The van der Waals surface area contributed by atoms with Gasteiger partial charge in [-0.25, -0.2) is 13.8 Å². The van der Waals surface area contributed by atoms with E-state index in [4.69, 9.17) is 5.11 Å². The van der Waals surface area contributed by atoms with E-state index in [-0.39, 0.29) is 12.3 Å². The molecule has 0 saturated carbocycles. The monoisotopic (exact) mass is 236 g/mol. The maximum atomic E-state index is 13.4. The Bertz CT molecular complexity index is 532. The fraction of sp³-hybridized carbons (Fsp3) is 0.0833. The van der Waals surface area contributed by atoms with Gasteiger partial charge in [0.1, 0.15) is 17.5 Å². The van der Waals surface area contributed by atoms with Gasteiger partial charge in [-0.05, 0) is 18.2 Å². The first kappa shape index (κ1) is 11.5. The van der Waals surface area contributed by atoms with Crippen LogP contribution in [-0.4, -0.2) is 10.1 Å². The Morgan fingerprint density at radius 3 is 2.76 bits per heavy atom. The summed E-state index contributed by atoms with van der Waals surface area (Å²) in [6, 6.07) is 6.53. The van der Waals surface area contributed by atoms with Crippen molar-refractivity contribution in [3.8, 4) is 0 Å². The second-order valence-electron chi connectivity index (χ2n) is 3.42. The van der Waals surface area contributed by atoms with Crippen molar-refractivity contribution in [2.75, 3.05) is 5.32 Å². The van der Waals surface area contributed by atoms with Gasteiger partial charge in [-0.2, -0.15) is 0 Å². The van der Waals surface area contributed by atoms with Crippen LogP contribution in [0.2, 0.25) is 0 Å². The third-order valence-corrected chi connectivity index (χ3v) is 2.25. The van der Waals surface area contributed by atoms with Crippen molar-refractivity contribution in [2.24, 2.45) is 0 Å². The first-order valence-electron chi connectivity index (χ1n) is 4.97. The van der Waals surface area contributed by atoms with Crippen LogP contribution in [0.3, 0.4) is 0 Å². The zero-order valence-corrected chi connectivity index (χ0v) is 8.82. The molecule has 0 fully saturated rings. The summed E-state index contributed by atoms with van der Waals surface area (Å²) in [5, 5.41) is 11.8. The van der Waals surface area contributed by atoms with Gasteiger partial charge < -0.3 is 10.4 Å². The summed E-state index contributed by atoms with van der Waals surface area (Å²) in [6.07, 6.45) is 1.52. The van der Waals surface area contributed by atoms with Gasteiger partial charge in [-0.1, -0.05) is 6.07 Å². The van der Waals surface area contributed by atoms with E-state index in [2.05, 4.69) is 10.3 Å². The quantitative estimate of drug-likeness (QED) is 0.861. The van der Waals surface area contributed by atoms with Gasteiger partial charge in [-0.3, -0.25) is 0 Å². The fourth-order valence-electron chi connectivity index (χ4n) is 1.40. The number of pyridine rings is 1. The van der Waals surface area contributed by atoms with E-state index < -0.39 is 11.6 Å². The van der Waals surface area contributed by atoms with Crippen molar-refractivity contribution in [1.82, 2.24) is 4.98 Å². The van der Waals surface area contributed by atoms with Crippen LogP contribution >= 0.6 is 0 Å². The van der Waals surface area contributed by atoms with Crippen molar-refractivity contribution in [2.45, 2.75) is 6.61 Å². The molecule has 0 amide bonds. The molecule has 2 aromatic rings. The molecule has 88 valence electrons. The lowest BCUT2D eigenvalue weighted by atomic mass is 10.2. The van der Waals surface area contributed by atoms with Gasteiger partial charge in [0, 0.05) is 17.8 Å². The number of benzene rings is 1. The Morgan fingerprint density at radius 1 is 1.24 bits per heavy atom. The summed E-state index contributed by atoms with van der Waals surface area (Å²) in [5.74, 6) is -1.00. The van der Waals surface area contributed by atoms with Crippen molar-refractivity contribution in [3.05, 3.63) is 53.7 Å². The molecule has 3 nitrogen and oxygen atoms in total. The van der Waals surface area contributed by atoms with Crippen LogP contribution in [0.25, 0.3) is 0 Å². The average molecular weight is 236 g/mol. The van der Waals surface area contributed by atoms with E-state index in [1.54, 1.807) is 12.1 Å². The zero-order valence-electron chi connectivity index (χ0n) is 8.82. The number of aliphatic hydroxyl groups is 1. The number of nitrogens with zero attached hydrogens (tertiary/aromatic N) is 1. The lowest BCUT2D eigenvalue weighted by molar-refractivity contribution is 0.282. The highest BCUT2D eigenvalue weighted by Crippen LogP contribution is 2.21. The molecule has 17 heavy (non-hydrogen) atoms. The number of anilines is 2. The number of halogens is 2. The molecule has 1 heterocycles. The van der Waals surface area contributed by atoms with Crippen LogP contribution in [0.15, 0.2) is 36.5 Å². The maximum Gasteiger partial charge on any atom is 0.149 e. The van der Waals surface area contributed by atoms with E-state index in [1.807, 2.05) is 0 Å². The molecule has 0 aliphatic heterocycles. The molecule has 0 saturated heterocycles. The van der Waals surface area contributed by atoms with Crippen LogP contribution in [-0.2, 0) is 6.61 Å². The van der Waals surface area contributed by atoms with Crippen molar-refractivity contribution >= 4 is 11.5 Å². The first-order chi connectivity index (χ1) is 8.20. The first-order valence-corrected chi connectivity index (χ1v) is 4.97. The number of nitrogens with one attached hydrogen (secondary N) is 1. The molecule has 2 rings (SSSR count). The molecule has 0 atom stereocenters. The summed E-state index contributed by atoms with van der Waals surface area (Å²) in [7, 11) is 0. The van der Waals surface area contributed by atoms with E-state index in [0.29, 0.717) is 11.4 Å². The number of hydrogen-bond donors (Lipinski definition) is 2. The highest BCUT2D eigenvalue weighted by Gasteiger charge is 2.07. The van der Waals surface area contributed by atoms with Gasteiger partial charge in [0.25, 0.3) is 0 Å². The van der Waals surface area contributed by atoms with Crippen LogP contribution in [0, 0.1) is 11.6 Å². The predicted octanol–water partition coefficient (Wildman–Crippen LogP) is 2.60. The summed E-state index contributed by atoms with van der Waals surface area (Å²) >= 11 is 0. The molecule has 1 aromatic carbocycles. The summed E-state index contributed by atoms with van der Waals surface area (Å²) in [5.41, 5.74) is 0.649. The van der Waals surface area contributed by atoms with Gasteiger partial charge in [-0.15, -0.1) is 0 Å². The highest BCUT2D eigenvalue weighted by molar-refractivity contribution is 5.59. The van der Waals surface area contributed by atoms with Crippen LogP contribution < -0.4 is 5.32 Å². The van der Waals surface area contributed by atoms with E-state index in [0.717, 1.165) is 12.1 Å². The summed E-state index contributed by atoms with van der Waals surface area (Å²) in [4.78, 5) is 3.98. The standard InChI is InChI=1S/C12H10F2N2O/c13-9-3-4-11(10(14)6-9)16-12-8(7-17)2-1-5-15-12/h1-6,17H,7H2,(H,15,16). The lowest BCUT2D eigenvalue weighted by Crippen LogP contribution is -2.00. The van der Waals surface area contributed by atoms with Crippen molar-refractivity contribution in [3.63, 3.8) is 0 Å². The normalized spacial score (nSPS) is 10.3. The molecule has 2 N–H and O–H groups in total. The second kappa shape index (κ2) is 4.88. The Labute approximate surface area is 96.7 Å². The SMILES string of the molecule is OCc1cccnc1Nc1ccc(F)cc1F. The third-order valence-electron chi connectivity index (χ3n) is 2.25. The van der Waals surface area contributed by atoms with E-state index in [9.17, 15) is 8.78 Å². The molecule has 0 radical (unpaired) electrons. The molecule has 0 bridgehead atoms. The zero-order chi connectivity index (χ0) is 12.3. The van der Waals surface area contributed by atoms with E-state index in [1.165, 1.54) is 12.3 Å². The third kappa shape index (κ3) is 2.57. The summed E-state index contributed by atoms with van der Waals surface area (Å²) < 4.78 is 26.1.